The van der Waals surface area contributed by atoms with Crippen LogP contribution >= 0.6 is 11.8 Å². The average Bonchev–Trinajstić information content (AvgIpc) is 2.03. The van der Waals surface area contributed by atoms with Crippen LogP contribution in [0.1, 0.15) is 6.92 Å². The number of rotatable bonds is 1. The largest absolute Gasteiger partial charge is 0.384 e. The topological polar surface area (TPSA) is 20.2 Å². The van der Waals surface area contributed by atoms with Gasteiger partial charge >= 0.3 is 0 Å². The second kappa shape index (κ2) is 7.28. The van der Waals surface area contributed by atoms with Crippen LogP contribution in [-0.2, 0) is 0 Å². The van der Waals surface area contributed by atoms with Gasteiger partial charge in [0.1, 0.15) is 6.61 Å². The lowest BCUT2D eigenvalue weighted by Gasteiger charge is -1.85. The maximum absolute atomic E-state index is 8.34. The van der Waals surface area contributed by atoms with Crippen molar-refractivity contribution in [2.45, 2.75) is 6.92 Å². The van der Waals surface area contributed by atoms with Crippen molar-refractivity contribution in [3.8, 4) is 23.7 Å². The van der Waals surface area contributed by atoms with E-state index in [2.05, 4.69) is 23.7 Å². The highest BCUT2D eigenvalue weighted by atomic mass is 32.2. The number of hydrogen-bond donors (Lipinski definition) is 1. The quantitative estimate of drug-likeness (QED) is 0.592. The smallest absolute Gasteiger partial charge is 0.104 e. The Labute approximate surface area is 71.9 Å². The Morgan fingerprint density at radius 2 is 2.36 bits per heavy atom. The van der Waals surface area contributed by atoms with Crippen LogP contribution in [0, 0.1) is 23.7 Å². The summed E-state index contributed by atoms with van der Waals surface area (Å²) in [6.45, 7) is 1.68. The zero-order valence-electron chi connectivity index (χ0n) is 6.64. The normalized spacial score (nSPS) is 9.18. The van der Waals surface area contributed by atoms with Gasteiger partial charge in [0.05, 0.1) is 4.91 Å². The van der Waals surface area contributed by atoms with E-state index in [1.54, 1.807) is 24.8 Å². The van der Waals surface area contributed by atoms with Gasteiger partial charge in [0.25, 0.3) is 0 Å². The van der Waals surface area contributed by atoms with E-state index in [4.69, 9.17) is 5.11 Å². The SMILES string of the molecule is CC#C/C(=C/C#CCO)SC. The van der Waals surface area contributed by atoms with Gasteiger partial charge in [-0.15, -0.1) is 17.7 Å². The molecule has 1 N–H and O–H groups in total. The summed E-state index contributed by atoms with van der Waals surface area (Å²) in [4.78, 5) is 0.924. The van der Waals surface area contributed by atoms with Gasteiger partial charge in [0.15, 0.2) is 0 Å². The lowest BCUT2D eigenvalue weighted by Crippen LogP contribution is -1.71. The van der Waals surface area contributed by atoms with E-state index in [1.807, 2.05) is 6.26 Å². The van der Waals surface area contributed by atoms with Gasteiger partial charge in [0, 0.05) is 6.08 Å². The molecule has 0 unspecified atom stereocenters. The van der Waals surface area contributed by atoms with E-state index < -0.39 is 0 Å². The van der Waals surface area contributed by atoms with Gasteiger partial charge in [-0.1, -0.05) is 17.8 Å². The van der Waals surface area contributed by atoms with Crippen LogP contribution in [0.15, 0.2) is 11.0 Å². The van der Waals surface area contributed by atoms with Gasteiger partial charge < -0.3 is 5.11 Å². The predicted molar refractivity (Wildman–Crippen MR) is 49.9 cm³/mol. The molecule has 0 aliphatic rings. The van der Waals surface area contributed by atoms with Crippen LogP contribution in [0.3, 0.4) is 0 Å². The molecule has 0 aliphatic carbocycles. The Morgan fingerprint density at radius 3 is 2.82 bits per heavy atom. The fourth-order valence-electron chi connectivity index (χ4n) is 0.431. The fraction of sp³-hybridized carbons (Fsp3) is 0.333. The van der Waals surface area contributed by atoms with Crippen molar-refractivity contribution in [2.75, 3.05) is 12.9 Å². The fourth-order valence-corrected chi connectivity index (χ4v) is 0.812. The average molecular weight is 166 g/mol. The van der Waals surface area contributed by atoms with E-state index in [0.717, 1.165) is 4.91 Å². The molecule has 2 heteroatoms. The number of aliphatic hydroxyl groups excluding tert-OH is 1. The summed E-state index contributed by atoms with van der Waals surface area (Å²) >= 11 is 1.55. The zero-order valence-corrected chi connectivity index (χ0v) is 7.46. The first-order chi connectivity index (χ1) is 5.35. The minimum Gasteiger partial charge on any atom is -0.384 e. The van der Waals surface area contributed by atoms with Crippen molar-refractivity contribution in [3.05, 3.63) is 11.0 Å². The van der Waals surface area contributed by atoms with Gasteiger partial charge in [-0.3, -0.25) is 0 Å². The van der Waals surface area contributed by atoms with Crippen molar-refractivity contribution < 1.29 is 5.11 Å². The molecule has 0 aromatic heterocycles. The van der Waals surface area contributed by atoms with Crippen molar-refractivity contribution >= 4 is 11.8 Å². The molecule has 0 atom stereocenters. The second-order valence-electron chi connectivity index (χ2n) is 1.57. The van der Waals surface area contributed by atoms with Gasteiger partial charge in [-0.2, -0.15) is 0 Å². The minimum absolute atomic E-state index is 0.0995. The van der Waals surface area contributed by atoms with Crippen molar-refractivity contribution in [2.24, 2.45) is 0 Å². The van der Waals surface area contributed by atoms with Crippen LogP contribution in [0.5, 0.6) is 0 Å². The van der Waals surface area contributed by atoms with Crippen molar-refractivity contribution in [3.63, 3.8) is 0 Å². The van der Waals surface area contributed by atoms with Crippen LogP contribution in [0.25, 0.3) is 0 Å². The van der Waals surface area contributed by atoms with E-state index >= 15 is 0 Å². The van der Waals surface area contributed by atoms with Gasteiger partial charge in [-0.05, 0) is 13.2 Å². The molecule has 1 nitrogen and oxygen atoms in total. The third kappa shape index (κ3) is 5.61. The van der Waals surface area contributed by atoms with E-state index in [1.165, 1.54) is 0 Å². The minimum atomic E-state index is -0.0995. The molecule has 0 bridgehead atoms. The van der Waals surface area contributed by atoms with Gasteiger partial charge in [0.2, 0.25) is 0 Å². The molecule has 0 saturated carbocycles. The molecule has 0 aromatic carbocycles. The second-order valence-corrected chi connectivity index (χ2v) is 2.42. The van der Waals surface area contributed by atoms with E-state index in [0.29, 0.717) is 0 Å². The number of thioether (sulfide) groups is 1. The molecule has 0 radical (unpaired) electrons. The Hall–Kier alpha value is -0.830. The Bertz CT molecular complexity index is 244. The molecule has 0 heterocycles. The van der Waals surface area contributed by atoms with Crippen molar-refractivity contribution in [1.29, 1.82) is 0 Å². The lowest BCUT2D eigenvalue weighted by molar-refractivity contribution is 0.350. The first kappa shape index (κ1) is 10.2. The maximum Gasteiger partial charge on any atom is 0.104 e. The zero-order chi connectivity index (χ0) is 8.53. The molecule has 0 saturated heterocycles. The highest BCUT2D eigenvalue weighted by molar-refractivity contribution is 8.02. The maximum atomic E-state index is 8.34. The summed E-state index contributed by atoms with van der Waals surface area (Å²) in [6, 6.07) is 0. The Balaban J connectivity index is 4.20. The molecule has 11 heavy (non-hydrogen) atoms. The molecule has 0 amide bonds. The van der Waals surface area contributed by atoms with Crippen LogP contribution < -0.4 is 0 Å². The highest BCUT2D eigenvalue weighted by Crippen LogP contribution is 2.08. The lowest BCUT2D eigenvalue weighted by atomic mass is 10.4. The summed E-state index contributed by atoms with van der Waals surface area (Å²) in [7, 11) is 0. The summed E-state index contributed by atoms with van der Waals surface area (Å²) in [5, 5.41) is 8.34. The van der Waals surface area contributed by atoms with Crippen LogP contribution in [0.2, 0.25) is 0 Å². The number of allylic oxidation sites excluding steroid dienone is 2. The molecule has 0 spiro atoms. The van der Waals surface area contributed by atoms with E-state index in [-0.39, 0.29) is 6.61 Å². The predicted octanol–water partition coefficient (Wildman–Crippen LogP) is 1.25. The first-order valence-corrected chi connectivity index (χ1v) is 4.33. The van der Waals surface area contributed by atoms with E-state index in [9.17, 15) is 0 Å². The number of aliphatic hydroxyl groups is 1. The molecular weight excluding hydrogens is 156 g/mol. The third-order valence-corrected chi connectivity index (χ3v) is 1.51. The molecular formula is C9H10OS. The molecule has 0 fully saturated rings. The summed E-state index contributed by atoms with van der Waals surface area (Å²) in [5.41, 5.74) is 0. The van der Waals surface area contributed by atoms with Crippen LogP contribution in [0.4, 0.5) is 0 Å². The summed E-state index contributed by atoms with van der Waals surface area (Å²) in [5.74, 6) is 10.9. The summed E-state index contributed by atoms with van der Waals surface area (Å²) in [6.07, 6.45) is 3.65. The third-order valence-electron chi connectivity index (χ3n) is 0.852. The van der Waals surface area contributed by atoms with Crippen LogP contribution in [-0.4, -0.2) is 18.0 Å². The molecule has 0 aliphatic heterocycles. The molecule has 58 valence electrons. The monoisotopic (exact) mass is 166 g/mol. The highest BCUT2D eigenvalue weighted by Gasteiger charge is 1.82. The molecule has 0 rings (SSSR count). The molecule has 0 aromatic rings. The standard InChI is InChI=1S/C9H10OS/c1-3-6-9(11-2)7-4-5-8-10/h7,10H,8H2,1-2H3/b9-7-. The number of hydrogen-bond acceptors (Lipinski definition) is 2. The first-order valence-electron chi connectivity index (χ1n) is 3.11. The van der Waals surface area contributed by atoms with Gasteiger partial charge in [-0.25, -0.2) is 0 Å². The Morgan fingerprint density at radius 1 is 1.64 bits per heavy atom. The van der Waals surface area contributed by atoms with Crippen molar-refractivity contribution in [1.82, 2.24) is 0 Å². The summed E-state index contributed by atoms with van der Waals surface area (Å²) < 4.78 is 0. The Kier molecular flexibility index (Phi) is 6.73.